The van der Waals surface area contributed by atoms with Gasteiger partial charge in [0.05, 0.1) is 11.3 Å². The van der Waals surface area contributed by atoms with Gasteiger partial charge < -0.3 is 10.4 Å². The number of hydrogen-bond donors (Lipinski definition) is 2. The smallest absolute Gasteiger partial charge is 0.408 e. The monoisotopic (exact) mass is 283 g/mol. The molecule has 1 atom stereocenters. The van der Waals surface area contributed by atoms with E-state index in [9.17, 15) is 26.7 Å². The van der Waals surface area contributed by atoms with Crippen LogP contribution in [-0.2, 0) is 0 Å². The van der Waals surface area contributed by atoms with Crippen LogP contribution in [0.25, 0.3) is 0 Å². The minimum Gasteiger partial charge on any atom is -0.478 e. The molecule has 106 valence electrons. The Hall–Kier alpha value is -1.86. The second-order valence-corrected chi connectivity index (χ2v) is 3.76. The first-order chi connectivity index (χ1) is 8.66. The molecule has 0 aliphatic rings. The van der Waals surface area contributed by atoms with E-state index in [0.29, 0.717) is 12.1 Å². The number of benzene rings is 1. The van der Waals surface area contributed by atoms with Crippen LogP contribution < -0.4 is 5.32 Å². The summed E-state index contributed by atoms with van der Waals surface area (Å²) < 4.78 is 64.1. The molecule has 0 fully saturated rings. The van der Waals surface area contributed by atoms with Crippen LogP contribution in [0.5, 0.6) is 0 Å². The van der Waals surface area contributed by atoms with Crippen LogP contribution in [0, 0.1) is 11.6 Å². The Morgan fingerprint density at radius 3 is 2.32 bits per heavy atom. The van der Waals surface area contributed by atoms with Crippen LogP contribution in [0.15, 0.2) is 12.1 Å². The van der Waals surface area contributed by atoms with Gasteiger partial charge in [-0.25, -0.2) is 13.6 Å². The molecule has 0 radical (unpaired) electrons. The first kappa shape index (κ1) is 15.2. The highest BCUT2D eigenvalue weighted by Gasteiger charge is 2.38. The number of carboxylic acid groups (broad SMARTS) is 1. The summed E-state index contributed by atoms with van der Waals surface area (Å²) >= 11 is 0. The maximum absolute atomic E-state index is 13.4. The van der Waals surface area contributed by atoms with E-state index in [1.54, 1.807) is 0 Å². The summed E-state index contributed by atoms with van der Waals surface area (Å²) in [6, 6.07) is -1.31. The van der Waals surface area contributed by atoms with Gasteiger partial charge in [-0.1, -0.05) is 6.92 Å². The fraction of sp³-hybridized carbons (Fsp3) is 0.364. The van der Waals surface area contributed by atoms with Crippen molar-refractivity contribution in [3.63, 3.8) is 0 Å². The van der Waals surface area contributed by atoms with Gasteiger partial charge in [0.2, 0.25) is 0 Å². The van der Waals surface area contributed by atoms with E-state index in [0.717, 1.165) is 0 Å². The highest BCUT2D eigenvalue weighted by atomic mass is 19.4. The molecule has 0 aliphatic heterocycles. The van der Waals surface area contributed by atoms with Crippen LogP contribution in [0.2, 0.25) is 0 Å². The van der Waals surface area contributed by atoms with E-state index < -0.39 is 41.1 Å². The molecule has 0 spiro atoms. The summed E-state index contributed by atoms with van der Waals surface area (Å²) in [7, 11) is 0. The van der Waals surface area contributed by atoms with Crippen LogP contribution in [0.1, 0.15) is 23.7 Å². The van der Waals surface area contributed by atoms with Crippen molar-refractivity contribution < 1.29 is 31.9 Å². The fourth-order valence-corrected chi connectivity index (χ4v) is 1.42. The second-order valence-electron chi connectivity index (χ2n) is 3.76. The Kier molecular flexibility index (Phi) is 4.33. The molecule has 8 heteroatoms. The SMILES string of the molecule is CCC(Nc1cc(F)c(C(=O)O)cc1F)C(F)(F)F. The summed E-state index contributed by atoms with van der Waals surface area (Å²) in [5.74, 6) is -4.28. The van der Waals surface area contributed by atoms with Gasteiger partial charge in [0, 0.05) is 6.07 Å². The molecule has 0 aliphatic carbocycles. The lowest BCUT2D eigenvalue weighted by Crippen LogP contribution is -2.35. The normalized spacial score (nSPS) is 13.2. The predicted octanol–water partition coefficient (Wildman–Crippen LogP) is 3.42. The Balaban J connectivity index is 3.09. The number of anilines is 1. The number of halogens is 5. The van der Waals surface area contributed by atoms with E-state index in [1.807, 2.05) is 5.32 Å². The summed E-state index contributed by atoms with van der Waals surface area (Å²) in [5, 5.41) is 10.3. The zero-order chi connectivity index (χ0) is 14.8. The van der Waals surface area contributed by atoms with Gasteiger partial charge in [0.25, 0.3) is 0 Å². The highest BCUT2D eigenvalue weighted by Crippen LogP contribution is 2.28. The standard InChI is InChI=1S/C11H10F5NO2/c1-2-9(11(14,15)16)17-8-4-6(12)5(10(18)19)3-7(8)13/h3-4,9,17H,2H2,1H3,(H,18,19). The van der Waals surface area contributed by atoms with Crippen molar-refractivity contribution in [2.75, 3.05) is 5.32 Å². The zero-order valence-corrected chi connectivity index (χ0v) is 9.68. The lowest BCUT2D eigenvalue weighted by Gasteiger charge is -2.21. The fourth-order valence-electron chi connectivity index (χ4n) is 1.42. The zero-order valence-electron chi connectivity index (χ0n) is 9.68. The van der Waals surface area contributed by atoms with Gasteiger partial charge in [-0.15, -0.1) is 0 Å². The highest BCUT2D eigenvalue weighted by molar-refractivity contribution is 5.88. The van der Waals surface area contributed by atoms with E-state index in [1.165, 1.54) is 6.92 Å². The van der Waals surface area contributed by atoms with Crippen molar-refractivity contribution in [1.82, 2.24) is 0 Å². The third-order valence-electron chi connectivity index (χ3n) is 2.42. The van der Waals surface area contributed by atoms with Gasteiger partial charge >= 0.3 is 12.1 Å². The van der Waals surface area contributed by atoms with Crippen molar-refractivity contribution in [2.24, 2.45) is 0 Å². The molecule has 0 bridgehead atoms. The third-order valence-corrected chi connectivity index (χ3v) is 2.42. The Bertz CT molecular complexity index is 487. The van der Waals surface area contributed by atoms with E-state index in [-0.39, 0.29) is 6.42 Å². The largest absolute Gasteiger partial charge is 0.478 e. The maximum Gasteiger partial charge on any atom is 0.408 e. The minimum absolute atomic E-state index is 0.336. The lowest BCUT2D eigenvalue weighted by atomic mass is 10.1. The first-order valence-electron chi connectivity index (χ1n) is 5.22. The molecular formula is C11H10F5NO2. The Labute approximate surface area is 105 Å². The van der Waals surface area contributed by atoms with Crippen LogP contribution in [0.4, 0.5) is 27.6 Å². The van der Waals surface area contributed by atoms with Gasteiger partial charge in [-0.2, -0.15) is 13.2 Å². The number of hydrogen-bond acceptors (Lipinski definition) is 2. The maximum atomic E-state index is 13.4. The van der Waals surface area contributed by atoms with Gasteiger partial charge in [-0.3, -0.25) is 0 Å². The number of rotatable bonds is 4. The molecule has 3 nitrogen and oxygen atoms in total. The molecule has 0 saturated heterocycles. The molecule has 19 heavy (non-hydrogen) atoms. The van der Waals surface area contributed by atoms with E-state index in [2.05, 4.69) is 0 Å². The second kappa shape index (κ2) is 5.41. The molecular weight excluding hydrogens is 273 g/mol. The average molecular weight is 283 g/mol. The Morgan fingerprint density at radius 1 is 1.32 bits per heavy atom. The van der Waals surface area contributed by atoms with Crippen LogP contribution in [-0.4, -0.2) is 23.3 Å². The van der Waals surface area contributed by atoms with Crippen molar-refractivity contribution in [3.05, 3.63) is 29.3 Å². The topological polar surface area (TPSA) is 49.3 Å². The van der Waals surface area contributed by atoms with Gasteiger partial charge in [0.1, 0.15) is 17.7 Å². The predicted molar refractivity (Wildman–Crippen MR) is 57.1 cm³/mol. The van der Waals surface area contributed by atoms with Crippen LogP contribution in [0.3, 0.4) is 0 Å². The van der Waals surface area contributed by atoms with E-state index >= 15 is 0 Å². The molecule has 2 N–H and O–H groups in total. The minimum atomic E-state index is -4.62. The molecule has 1 aromatic carbocycles. The van der Waals surface area contributed by atoms with Crippen molar-refractivity contribution in [1.29, 1.82) is 0 Å². The van der Waals surface area contributed by atoms with E-state index in [4.69, 9.17) is 5.11 Å². The number of carboxylic acids is 1. The third kappa shape index (κ3) is 3.55. The van der Waals surface area contributed by atoms with Crippen LogP contribution >= 0.6 is 0 Å². The molecule has 0 aromatic heterocycles. The van der Waals surface area contributed by atoms with Gasteiger partial charge in [0.15, 0.2) is 0 Å². The quantitative estimate of drug-likeness (QED) is 0.832. The van der Waals surface area contributed by atoms with Crippen molar-refractivity contribution in [3.8, 4) is 0 Å². The van der Waals surface area contributed by atoms with Crippen molar-refractivity contribution >= 4 is 11.7 Å². The first-order valence-corrected chi connectivity index (χ1v) is 5.22. The van der Waals surface area contributed by atoms with Crippen molar-refractivity contribution in [2.45, 2.75) is 25.6 Å². The number of carbonyl (C=O) groups is 1. The summed E-state index contributed by atoms with van der Waals surface area (Å²) in [6.45, 7) is 1.23. The summed E-state index contributed by atoms with van der Waals surface area (Å²) in [6.07, 6.45) is -5.01. The molecule has 1 rings (SSSR count). The average Bonchev–Trinajstić information content (AvgIpc) is 2.27. The molecule has 1 unspecified atom stereocenters. The summed E-state index contributed by atoms with van der Waals surface area (Å²) in [5.41, 5.74) is -1.67. The molecule has 0 heterocycles. The lowest BCUT2D eigenvalue weighted by molar-refractivity contribution is -0.142. The number of alkyl halides is 3. The molecule has 0 saturated carbocycles. The summed E-state index contributed by atoms with van der Waals surface area (Å²) in [4.78, 5) is 10.5. The number of nitrogens with one attached hydrogen (secondary N) is 1. The number of aromatic carboxylic acids is 1. The van der Waals surface area contributed by atoms with Gasteiger partial charge in [-0.05, 0) is 12.5 Å². The molecule has 0 amide bonds. The molecule has 1 aromatic rings. The Morgan fingerprint density at radius 2 is 1.89 bits per heavy atom.